The van der Waals surface area contributed by atoms with E-state index in [2.05, 4.69) is 4.98 Å². The lowest BCUT2D eigenvalue weighted by Crippen LogP contribution is -2.55. The molecule has 188 valence electrons. The van der Waals surface area contributed by atoms with E-state index in [0.717, 1.165) is 12.1 Å². The summed E-state index contributed by atoms with van der Waals surface area (Å²) in [5.74, 6) is -1.30. The van der Waals surface area contributed by atoms with Crippen molar-refractivity contribution in [3.63, 3.8) is 0 Å². The number of halogens is 1. The molecule has 1 aliphatic carbocycles. The largest absolute Gasteiger partial charge is 0.493 e. The highest BCUT2D eigenvalue weighted by Crippen LogP contribution is 2.53. The number of nitriles is 1. The number of likely N-dealkylation sites (tertiary alicyclic amines) is 2. The zero-order chi connectivity index (χ0) is 25.7. The second-order valence-corrected chi connectivity index (χ2v) is 11.6. The van der Waals surface area contributed by atoms with E-state index in [-0.39, 0.29) is 54.9 Å². The average Bonchev–Trinajstić information content (AvgIpc) is 3.44. The highest BCUT2D eigenvalue weighted by atomic mass is 32.2. The first-order valence-corrected chi connectivity index (χ1v) is 13.3. The van der Waals surface area contributed by atoms with E-state index in [9.17, 15) is 27.5 Å². The Bertz CT molecular complexity index is 1370. The van der Waals surface area contributed by atoms with Gasteiger partial charge in [0.05, 0.1) is 23.4 Å². The smallest absolute Gasteiger partial charge is 0.245 e. The SMILES string of the molecule is N#CCCN1C(=O)CC[C@H]1C(=O)N1CCC2(S(=O)(=O)c3ccc(F)cc3)c3cnc(O)cc3CCC12. The van der Waals surface area contributed by atoms with Gasteiger partial charge >= 0.3 is 0 Å². The number of carbonyl (C=O) groups excluding carboxylic acids is 2. The molecule has 2 aliphatic heterocycles. The van der Waals surface area contributed by atoms with Crippen LogP contribution in [-0.4, -0.2) is 65.3 Å². The molecule has 11 heteroatoms. The number of hydrogen-bond donors (Lipinski definition) is 1. The number of sulfone groups is 1. The maximum Gasteiger partial charge on any atom is 0.245 e. The molecule has 1 N–H and O–H groups in total. The van der Waals surface area contributed by atoms with Gasteiger partial charge < -0.3 is 14.9 Å². The van der Waals surface area contributed by atoms with Crippen LogP contribution in [0.3, 0.4) is 0 Å². The zero-order valence-electron chi connectivity index (χ0n) is 19.4. The van der Waals surface area contributed by atoms with Gasteiger partial charge in [-0.25, -0.2) is 17.8 Å². The third-order valence-corrected chi connectivity index (χ3v) is 10.3. The van der Waals surface area contributed by atoms with Crippen molar-refractivity contribution in [2.75, 3.05) is 13.1 Å². The molecule has 2 unspecified atom stereocenters. The maximum atomic E-state index is 14.2. The topological polar surface area (TPSA) is 132 Å². The van der Waals surface area contributed by atoms with Gasteiger partial charge in [-0.15, -0.1) is 0 Å². The summed E-state index contributed by atoms with van der Waals surface area (Å²) in [5, 5.41) is 18.9. The molecule has 0 radical (unpaired) electrons. The molecule has 2 fully saturated rings. The highest BCUT2D eigenvalue weighted by molar-refractivity contribution is 7.92. The monoisotopic (exact) mass is 512 g/mol. The zero-order valence-corrected chi connectivity index (χ0v) is 20.2. The summed E-state index contributed by atoms with van der Waals surface area (Å²) >= 11 is 0. The molecule has 3 aliphatic rings. The van der Waals surface area contributed by atoms with Gasteiger partial charge in [-0.05, 0) is 61.1 Å². The third kappa shape index (κ3) is 3.54. The molecule has 0 saturated carbocycles. The summed E-state index contributed by atoms with van der Waals surface area (Å²) < 4.78 is 40.6. The average molecular weight is 513 g/mol. The first kappa shape index (κ1) is 24.2. The van der Waals surface area contributed by atoms with Gasteiger partial charge in [0, 0.05) is 31.8 Å². The Morgan fingerprint density at radius 3 is 2.72 bits per heavy atom. The molecular weight excluding hydrogens is 487 g/mol. The third-order valence-electron chi connectivity index (χ3n) is 7.72. The van der Waals surface area contributed by atoms with Crippen molar-refractivity contribution in [3.05, 3.63) is 53.5 Å². The van der Waals surface area contributed by atoms with Crippen LogP contribution in [-0.2, 0) is 30.6 Å². The van der Waals surface area contributed by atoms with Gasteiger partial charge in [0.2, 0.25) is 17.7 Å². The summed E-state index contributed by atoms with van der Waals surface area (Å²) in [6.45, 7) is 0.302. The molecule has 3 atom stereocenters. The van der Waals surface area contributed by atoms with Crippen LogP contribution in [0.25, 0.3) is 0 Å². The van der Waals surface area contributed by atoms with Crippen LogP contribution in [0.2, 0.25) is 0 Å². The summed E-state index contributed by atoms with van der Waals surface area (Å²) in [6, 6.07) is 6.61. The van der Waals surface area contributed by atoms with E-state index in [1.807, 2.05) is 6.07 Å². The predicted octanol–water partition coefficient (Wildman–Crippen LogP) is 2.05. The fourth-order valence-corrected chi connectivity index (χ4v) is 8.46. The molecule has 9 nitrogen and oxygen atoms in total. The summed E-state index contributed by atoms with van der Waals surface area (Å²) in [5.41, 5.74) is 1.07. The summed E-state index contributed by atoms with van der Waals surface area (Å²) in [6.07, 6.45) is 2.85. The molecule has 1 aromatic carbocycles. The quantitative estimate of drug-likeness (QED) is 0.607. The van der Waals surface area contributed by atoms with E-state index in [0.29, 0.717) is 30.4 Å². The van der Waals surface area contributed by atoms with Crippen molar-refractivity contribution in [2.24, 2.45) is 0 Å². The number of aromatic nitrogens is 1. The number of aromatic hydroxyl groups is 1. The van der Waals surface area contributed by atoms with Crippen molar-refractivity contribution < 1.29 is 27.5 Å². The molecule has 5 rings (SSSR count). The fraction of sp³-hybridized carbons (Fsp3) is 0.440. The van der Waals surface area contributed by atoms with Crippen LogP contribution in [0, 0.1) is 17.1 Å². The summed E-state index contributed by atoms with van der Waals surface area (Å²) in [4.78, 5) is 33.1. The normalized spacial score (nSPS) is 25.4. The van der Waals surface area contributed by atoms with Crippen LogP contribution in [0.1, 0.15) is 43.2 Å². The van der Waals surface area contributed by atoms with Crippen LogP contribution < -0.4 is 0 Å². The minimum atomic E-state index is -4.14. The second kappa shape index (κ2) is 8.85. The van der Waals surface area contributed by atoms with Gasteiger partial charge in [0.25, 0.3) is 0 Å². The van der Waals surface area contributed by atoms with E-state index in [4.69, 9.17) is 5.26 Å². The Labute approximate surface area is 208 Å². The van der Waals surface area contributed by atoms with Gasteiger partial charge in [-0.1, -0.05) is 0 Å². The Hall–Kier alpha value is -3.52. The molecule has 36 heavy (non-hydrogen) atoms. The lowest BCUT2D eigenvalue weighted by Gasteiger charge is -2.43. The Morgan fingerprint density at radius 2 is 2.00 bits per heavy atom. The number of amides is 2. The molecule has 2 saturated heterocycles. The van der Waals surface area contributed by atoms with E-state index in [1.54, 1.807) is 4.90 Å². The maximum absolute atomic E-state index is 14.2. The van der Waals surface area contributed by atoms with Crippen molar-refractivity contribution in [2.45, 2.75) is 60.3 Å². The van der Waals surface area contributed by atoms with E-state index >= 15 is 0 Å². The highest BCUT2D eigenvalue weighted by Gasteiger charge is 2.61. The number of aryl methyl sites for hydroxylation is 1. The molecular formula is C25H25FN4O5S. The lowest BCUT2D eigenvalue weighted by atomic mass is 9.79. The van der Waals surface area contributed by atoms with E-state index < -0.39 is 32.5 Å². The molecule has 0 bridgehead atoms. The van der Waals surface area contributed by atoms with Crippen molar-refractivity contribution >= 4 is 21.7 Å². The number of carbonyl (C=O) groups is 2. The van der Waals surface area contributed by atoms with Crippen LogP contribution in [0.4, 0.5) is 4.39 Å². The van der Waals surface area contributed by atoms with Gasteiger partial charge in [-0.2, -0.15) is 5.26 Å². The lowest BCUT2D eigenvalue weighted by molar-refractivity contribution is -0.142. The standard InChI is InChI=1S/C25H25FN4O5S/c26-17-3-5-18(6-4-17)36(34,35)25-10-13-30(21(25)8-2-16-14-22(31)28-15-19(16)25)24(33)20-7-9-23(32)29(20)12-1-11-27/h3-6,14-15,20-21H,1-2,7-10,12-13H2,(H,28,31)/t20-,21?,25?/m0/s1. The van der Waals surface area contributed by atoms with Crippen molar-refractivity contribution in [1.82, 2.24) is 14.8 Å². The number of rotatable bonds is 5. The number of pyridine rings is 1. The second-order valence-electron chi connectivity index (χ2n) is 9.43. The van der Waals surface area contributed by atoms with Crippen LogP contribution in [0.5, 0.6) is 5.88 Å². The van der Waals surface area contributed by atoms with E-state index in [1.165, 1.54) is 29.3 Å². The molecule has 0 spiro atoms. The number of fused-ring (bicyclic) bond motifs is 3. The Morgan fingerprint density at radius 1 is 1.25 bits per heavy atom. The fourth-order valence-electron chi connectivity index (χ4n) is 6.11. The van der Waals surface area contributed by atoms with Crippen molar-refractivity contribution in [1.29, 1.82) is 5.26 Å². The van der Waals surface area contributed by atoms with Crippen LogP contribution >= 0.6 is 0 Å². The molecule has 2 amide bonds. The number of benzene rings is 1. The molecule has 3 heterocycles. The first-order valence-electron chi connectivity index (χ1n) is 11.9. The molecule has 1 aromatic heterocycles. The minimum Gasteiger partial charge on any atom is -0.493 e. The minimum absolute atomic E-state index is 0.0594. The van der Waals surface area contributed by atoms with Gasteiger partial charge in [0.15, 0.2) is 9.84 Å². The number of hydrogen-bond acceptors (Lipinski definition) is 7. The summed E-state index contributed by atoms with van der Waals surface area (Å²) in [7, 11) is -4.14. The Balaban J connectivity index is 1.59. The van der Waals surface area contributed by atoms with Gasteiger partial charge in [0.1, 0.15) is 16.6 Å². The van der Waals surface area contributed by atoms with Gasteiger partial charge in [-0.3, -0.25) is 9.59 Å². The number of nitrogens with zero attached hydrogens (tertiary/aromatic N) is 4. The Kier molecular flexibility index (Phi) is 5.95. The first-order chi connectivity index (χ1) is 17.2. The van der Waals surface area contributed by atoms with Crippen LogP contribution in [0.15, 0.2) is 41.4 Å². The van der Waals surface area contributed by atoms with Crippen molar-refractivity contribution in [3.8, 4) is 11.9 Å². The predicted molar refractivity (Wildman–Crippen MR) is 125 cm³/mol. The molecule has 2 aromatic rings.